The van der Waals surface area contributed by atoms with Gasteiger partial charge in [-0.2, -0.15) is 13.9 Å². The van der Waals surface area contributed by atoms with Gasteiger partial charge in [0.25, 0.3) is 10.0 Å². The molecule has 0 radical (unpaired) electrons. The highest BCUT2D eigenvalue weighted by Crippen LogP contribution is 2.27. The third kappa shape index (κ3) is 4.28. The smallest absolute Gasteiger partial charge is 0.387 e. The molecule has 10 heteroatoms. The number of hydrogen-bond donors (Lipinski definition) is 1. The molecule has 0 saturated heterocycles. The Morgan fingerprint density at radius 1 is 1.18 bits per heavy atom. The molecule has 2 aromatic rings. The Hall–Kier alpha value is -3.01. The summed E-state index contributed by atoms with van der Waals surface area (Å²) in [4.78, 5) is 11.9. The van der Waals surface area contributed by atoms with E-state index in [1.165, 1.54) is 12.1 Å². The van der Waals surface area contributed by atoms with E-state index < -0.39 is 33.3 Å². The zero-order valence-electron chi connectivity index (χ0n) is 14.7. The number of rotatable bonds is 5. The lowest BCUT2D eigenvalue weighted by molar-refractivity contribution is -0.0517. The molecule has 1 aliphatic heterocycles. The molecule has 0 bridgehead atoms. The topological polar surface area (TPSA) is 88.1 Å². The van der Waals surface area contributed by atoms with Crippen molar-refractivity contribution < 1.29 is 26.7 Å². The highest BCUT2D eigenvalue weighted by molar-refractivity contribution is 7.90. The molecule has 28 heavy (non-hydrogen) atoms. The molecule has 0 aromatic heterocycles. The molecule has 0 saturated carbocycles. The van der Waals surface area contributed by atoms with E-state index >= 15 is 0 Å². The first kappa shape index (κ1) is 19.7. The van der Waals surface area contributed by atoms with Crippen molar-refractivity contribution in [3.8, 4) is 5.75 Å². The van der Waals surface area contributed by atoms with Gasteiger partial charge < -0.3 is 4.74 Å². The second kappa shape index (κ2) is 7.93. The maximum absolute atomic E-state index is 12.5. The summed E-state index contributed by atoms with van der Waals surface area (Å²) in [5.41, 5.74) is 1.60. The van der Waals surface area contributed by atoms with E-state index in [-0.39, 0.29) is 12.5 Å². The van der Waals surface area contributed by atoms with Crippen LogP contribution in [0.3, 0.4) is 0 Å². The summed E-state index contributed by atoms with van der Waals surface area (Å²) in [6.45, 7) is -1.30. The number of nitrogens with one attached hydrogen (secondary N) is 1. The van der Waals surface area contributed by atoms with Crippen LogP contribution < -0.4 is 9.46 Å². The van der Waals surface area contributed by atoms with Crippen LogP contribution in [0, 0.1) is 0 Å². The minimum absolute atomic E-state index is 0.159. The average Bonchev–Trinajstić information content (AvgIpc) is 3.04. The number of hydrazone groups is 1. The van der Waals surface area contributed by atoms with Crippen LogP contribution in [0.2, 0.25) is 0 Å². The van der Waals surface area contributed by atoms with E-state index in [2.05, 4.69) is 9.84 Å². The largest absolute Gasteiger partial charge is 0.433 e. The fourth-order valence-corrected chi connectivity index (χ4v) is 3.94. The molecule has 2 aromatic carbocycles. The van der Waals surface area contributed by atoms with Crippen molar-refractivity contribution in [3.63, 3.8) is 0 Å². The Balaban J connectivity index is 1.77. The maximum Gasteiger partial charge on any atom is 0.387 e. The highest BCUT2D eigenvalue weighted by Gasteiger charge is 2.32. The Kier molecular flexibility index (Phi) is 5.59. The number of amides is 2. The zero-order chi connectivity index (χ0) is 20.3. The number of benzene rings is 2. The number of sulfonamides is 1. The van der Waals surface area contributed by atoms with Gasteiger partial charge in [-0.1, -0.05) is 42.5 Å². The number of nitrogens with zero attached hydrogens (tertiary/aromatic N) is 2. The SMILES string of the molecule is CC1=NN(C(=O)NS(=O)(=O)c2ccccc2OC(F)F)CC1c1ccccc1. The van der Waals surface area contributed by atoms with Crippen molar-refractivity contribution in [2.45, 2.75) is 24.3 Å². The van der Waals surface area contributed by atoms with E-state index in [0.29, 0.717) is 5.71 Å². The predicted molar refractivity (Wildman–Crippen MR) is 97.8 cm³/mol. The van der Waals surface area contributed by atoms with Crippen molar-refractivity contribution in [2.75, 3.05) is 6.54 Å². The number of hydrogen-bond acceptors (Lipinski definition) is 5. The van der Waals surface area contributed by atoms with E-state index in [1.807, 2.05) is 35.1 Å². The normalized spacial score (nSPS) is 16.8. The van der Waals surface area contributed by atoms with Gasteiger partial charge in [0.1, 0.15) is 10.6 Å². The Bertz CT molecular complexity index is 997. The minimum atomic E-state index is -4.44. The van der Waals surface area contributed by atoms with Gasteiger partial charge in [-0.15, -0.1) is 0 Å². The molecular formula is C18H17F2N3O4S. The standard InChI is InChI=1S/C18H17F2N3O4S/c1-12-14(13-7-3-2-4-8-13)11-23(21-12)18(24)22-28(25,26)16-10-6-5-9-15(16)27-17(19)20/h2-10,14,17H,11H2,1H3,(H,22,24). The minimum Gasteiger partial charge on any atom is -0.433 e. The fourth-order valence-electron chi connectivity index (χ4n) is 2.85. The van der Waals surface area contributed by atoms with Gasteiger partial charge in [-0.25, -0.2) is 22.9 Å². The Labute approximate surface area is 160 Å². The van der Waals surface area contributed by atoms with Gasteiger partial charge in [-0.3, -0.25) is 0 Å². The lowest BCUT2D eigenvalue weighted by atomic mass is 9.96. The number of para-hydroxylation sites is 1. The van der Waals surface area contributed by atoms with Crippen LogP contribution in [0.25, 0.3) is 0 Å². The van der Waals surface area contributed by atoms with Gasteiger partial charge in [0, 0.05) is 11.6 Å². The summed E-state index contributed by atoms with van der Waals surface area (Å²) in [6.07, 6.45) is 0. The first-order valence-corrected chi connectivity index (χ1v) is 9.74. The zero-order valence-corrected chi connectivity index (χ0v) is 15.6. The molecule has 148 valence electrons. The van der Waals surface area contributed by atoms with E-state index in [0.717, 1.165) is 22.7 Å². The van der Waals surface area contributed by atoms with Crippen LogP contribution >= 0.6 is 0 Å². The van der Waals surface area contributed by atoms with Gasteiger partial charge in [0.2, 0.25) is 0 Å². The average molecular weight is 409 g/mol. The Morgan fingerprint density at radius 3 is 2.50 bits per heavy atom. The van der Waals surface area contributed by atoms with Crippen LogP contribution in [0.15, 0.2) is 64.6 Å². The summed E-state index contributed by atoms with van der Waals surface area (Å²) in [7, 11) is -4.44. The van der Waals surface area contributed by atoms with E-state index in [4.69, 9.17) is 0 Å². The number of carbonyl (C=O) groups is 1. The summed E-state index contributed by atoms with van der Waals surface area (Å²) >= 11 is 0. The summed E-state index contributed by atoms with van der Waals surface area (Å²) in [5, 5.41) is 5.12. The lowest BCUT2D eigenvalue weighted by Crippen LogP contribution is -2.40. The number of alkyl halides is 2. The van der Waals surface area contributed by atoms with Crippen molar-refractivity contribution in [1.82, 2.24) is 9.73 Å². The third-order valence-corrected chi connectivity index (χ3v) is 5.51. The molecule has 7 nitrogen and oxygen atoms in total. The molecule has 0 spiro atoms. The van der Waals surface area contributed by atoms with Crippen LogP contribution in [-0.4, -0.2) is 38.3 Å². The van der Waals surface area contributed by atoms with Crippen molar-refractivity contribution in [3.05, 3.63) is 60.2 Å². The number of halogens is 2. The third-order valence-electron chi connectivity index (χ3n) is 4.15. The van der Waals surface area contributed by atoms with E-state index in [9.17, 15) is 22.0 Å². The van der Waals surface area contributed by atoms with Crippen molar-refractivity contribution in [2.24, 2.45) is 5.10 Å². The van der Waals surface area contributed by atoms with Gasteiger partial charge in [0.05, 0.1) is 6.54 Å². The van der Waals surface area contributed by atoms with Gasteiger partial charge >= 0.3 is 12.6 Å². The molecule has 2 amide bonds. The summed E-state index contributed by atoms with van der Waals surface area (Å²) in [6, 6.07) is 13.2. The first-order chi connectivity index (χ1) is 13.3. The van der Waals surface area contributed by atoms with Crippen molar-refractivity contribution >= 4 is 21.8 Å². The van der Waals surface area contributed by atoms with Gasteiger partial charge in [0.15, 0.2) is 0 Å². The number of ether oxygens (including phenoxy) is 1. The lowest BCUT2D eigenvalue weighted by Gasteiger charge is -2.16. The second-order valence-electron chi connectivity index (χ2n) is 6.02. The summed E-state index contributed by atoms with van der Waals surface area (Å²) < 4.78 is 56.1. The number of urea groups is 1. The number of carbonyl (C=O) groups excluding carboxylic acids is 1. The molecule has 1 aliphatic rings. The molecule has 1 unspecified atom stereocenters. The maximum atomic E-state index is 12.5. The molecule has 3 rings (SSSR count). The molecule has 1 heterocycles. The Morgan fingerprint density at radius 2 is 1.82 bits per heavy atom. The monoisotopic (exact) mass is 409 g/mol. The fraction of sp³-hybridized carbons (Fsp3) is 0.222. The predicted octanol–water partition coefficient (Wildman–Crippen LogP) is 3.16. The van der Waals surface area contributed by atoms with Crippen LogP contribution in [0.1, 0.15) is 18.4 Å². The second-order valence-corrected chi connectivity index (χ2v) is 7.67. The highest BCUT2D eigenvalue weighted by atomic mass is 32.2. The molecular weight excluding hydrogens is 392 g/mol. The van der Waals surface area contributed by atoms with Crippen LogP contribution in [0.4, 0.5) is 13.6 Å². The van der Waals surface area contributed by atoms with E-state index in [1.54, 1.807) is 6.92 Å². The van der Waals surface area contributed by atoms with Crippen LogP contribution in [0.5, 0.6) is 5.75 Å². The molecule has 1 N–H and O–H groups in total. The molecule has 0 fully saturated rings. The van der Waals surface area contributed by atoms with Gasteiger partial charge in [-0.05, 0) is 24.6 Å². The van der Waals surface area contributed by atoms with Crippen LogP contribution in [-0.2, 0) is 10.0 Å². The van der Waals surface area contributed by atoms with Crippen molar-refractivity contribution in [1.29, 1.82) is 0 Å². The molecule has 0 aliphatic carbocycles. The first-order valence-electron chi connectivity index (χ1n) is 8.26. The molecule has 1 atom stereocenters. The summed E-state index contributed by atoms with van der Waals surface area (Å²) in [5.74, 6) is -0.717. The quantitative estimate of drug-likeness (QED) is 0.822.